The van der Waals surface area contributed by atoms with E-state index in [-0.39, 0.29) is 11.4 Å². The van der Waals surface area contributed by atoms with Gasteiger partial charge in [0.1, 0.15) is 12.3 Å². The highest BCUT2D eigenvalue weighted by atomic mass is 32.2. The van der Waals surface area contributed by atoms with Crippen LogP contribution in [0.25, 0.3) is 10.8 Å². The predicted octanol–water partition coefficient (Wildman–Crippen LogP) is 2.18. The predicted molar refractivity (Wildman–Crippen MR) is 103 cm³/mol. The second-order valence-electron chi connectivity index (χ2n) is 5.74. The molecule has 8 heteroatoms. The highest BCUT2D eigenvalue weighted by Gasteiger charge is 2.28. The molecular formula is C19H19N3O4S. The Morgan fingerprint density at radius 1 is 1.15 bits per heavy atom. The van der Waals surface area contributed by atoms with Gasteiger partial charge in [0, 0.05) is 30.2 Å². The molecule has 0 aliphatic heterocycles. The minimum atomic E-state index is -4.00. The lowest BCUT2D eigenvalue weighted by Crippen LogP contribution is -2.39. The number of hydrogen-bond acceptors (Lipinski definition) is 5. The molecule has 3 aromatic rings. The maximum atomic E-state index is 13.4. The molecule has 140 valence electrons. The Balaban J connectivity index is 2.15. The number of ether oxygens (including phenoxy) is 1. The molecule has 7 nitrogen and oxygen atoms in total. The molecule has 0 atom stereocenters. The molecule has 1 aromatic heterocycles. The van der Waals surface area contributed by atoms with Crippen molar-refractivity contribution in [3.05, 3.63) is 60.9 Å². The zero-order chi connectivity index (χ0) is 19.4. The summed E-state index contributed by atoms with van der Waals surface area (Å²) < 4.78 is 33.1. The molecule has 0 saturated heterocycles. The van der Waals surface area contributed by atoms with E-state index in [9.17, 15) is 13.2 Å². The van der Waals surface area contributed by atoms with Crippen molar-refractivity contribution in [1.29, 1.82) is 0 Å². The first-order valence-corrected chi connectivity index (χ1v) is 9.61. The standard InChI is InChI=1S/C19H19N3O4S/c1-20-19(23)13-22(15-6-8-16(26-2)9-7-15)27(24,25)18-5-3-4-14-12-21-11-10-17(14)18/h3-12H,13H2,1-2H3,(H,20,23). The number of rotatable bonds is 6. The Bertz CT molecular complexity index is 1060. The van der Waals surface area contributed by atoms with Crippen LogP contribution in [0, 0.1) is 0 Å². The summed E-state index contributed by atoms with van der Waals surface area (Å²) in [5.74, 6) is 0.170. The fraction of sp³-hybridized carbons (Fsp3) is 0.158. The molecule has 0 aliphatic carbocycles. The Hall–Kier alpha value is -3.13. The summed E-state index contributed by atoms with van der Waals surface area (Å²) >= 11 is 0. The van der Waals surface area contributed by atoms with Crippen molar-refractivity contribution in [2.75, 3.05) is 25.0 Å². The number of amides is 1. The lowest BCUT2D eigenvalue weighted by Gasteiger charge is -2.24. The van der Waals surface area contributed by atoms with Crippen molar-refractivity contribution in [2.24, 2.45) is 0 Å². The number of carbonyl (C=O) groups is 1. The normalized spacial score (nSPS) is 11.2. The molecule has 0 radical (unpaired) electrons. The minimum absolute atomic E-state index is 0.113. The summed E-state index contributed by atoms with van der Waals surface area (Å²) in [5.41, 5.74) is 0.366. The van der Waals surface area contributed by atoms with Crippen LogP contribution in [0.15, 0.2) is 65.8 Å². The maximum absolute atomic E-state index is 13.4. The smallest absolute Gasteiger partial charge is 0.265 e. The highest BCUT2D eigenvalue weighted by Crippen LogP contribution is 2.29. The molecule has 1 N–H and O–H groups in total. The topological polar surface area (TPSA) is 88.6 Å². The van der Waals surface area contributed by atoms with Gasteiger partial charge in [-0.05, 0) is 36.4 Å². The molecule has 27 heavy (non-hydrogen) atoms. The molecule has 3 rings (SSSR count). The Labute approximate surface area is 157 Å². The van der Waals surface area contributed by atoms with Crippen LogP contribution in [-0.4, -0.2) is 40.0 Å². The van der Waals surface area contributed by atoms with Gasteiger partial charge in [0.2, 0.25) is 5.91 Å². The number of fused-ring (bicyclic) bond motifs is 1. The lowest BCUT2D eigenvalue weighted by atomic mass is 10.2. The molecule has 0 bridgehead atoms. The van der Waals surface area contributed by atoms with Crippen molar-refractivity contribution in [1.82, 2.24) is 10.3 Å². The van der Waals surface area contributed by atoms with E-state index in [1.54, 1.807) is 48.7 Å². The number of anilines is 1. The number of sulfonamides is 1. The number of nitrogens with one attached hydrogen (secondary N) is 1. The average Bonchev–Trinajstić information content (AvgIpc) is 2.71. The van der Waals surface area contributed by atoms with Crippen molar-refractivity contribution in [3.63, 3.8) is 0 Å². The highest BCUT2D eigenvalue weighted by molar-refractivity contribution is 7.93. The van der Waals surface area contributed by atoms with E-state index in [4.69, 9.17) is 4.74 Å². The van der Waals surface area contributed by atoms with E-state index in [0.717, 1.165) is 4.31 Å². The second-order valence-corrected chi connectivity index (χ2v) is 7.57. The van der Waals surface area contributed by atoms with E-state index in [2.05, 4.69) is 10.3 Å². The molecule has 0 fully saturated rings. The van der Waals surface area contributed by atoms with Crippen molar-refractivity contribution < 1.29 is 17.9 Å². The number of aromatic nitrogens is 1. The van der Waals surface area contributed by atoms with Gasteiger partial charge in [-0.2, -0.15) is 0 Å². The summed E-state index contributed by atoms with van der Waals surface area (Å²) in [4.78, 5) is 16.2. The number of hydrogen-bond donors (Lipinski definition) is 1. The third kappa shape index (κ3) is 3.70. The van der Waals surface area contributed by atoms with E-state index < -0.39 is 15.9 Å². The molecule has 2 aromatic carbocycles. The van der Waals surface area contributed by atoms with Gasteiger partial charge in [-0.25, -0.2) is 8.42 Å². The first kappa shape index (κ1) is 18.7. The third-order valence-electron chi connectivity index (χ3n) is 4.14. The summed E-state index contributed by atoms with van der Waals surface area (Å²) in [6, 6.07) is 13.1. The number of benzene rings is 2. The number of pyridine rings is 1. The zero-order valence-electron chi connectivity index (χ0n) is 14.9. The molecule has 0 saturated carbocycles. The fourth-order valence-electron chi connectivity index (χ4n) is 2.71. The Morgan fingerprint density at radius 2 is 1.89 bits per heavy atom. The minimum Gasteiger partial charge on any atom is -0.497 e. The average molecular weight is 385 g/mol. The van der Waals surface area contributed by atoms with Crippen LogP contribution in [0.3, 0.4) is 0 Å². The van der Waals surface area contributed by atoms with Crippen molar-refractivity contribution >= 4 is 32.4 Å². The van der Waals surface area contributed by atoms with Gasteiger partial charge in [-0.3, -0.25) is 14.1 Å². The van der Waals surface area contributed by atoms with E-state index in [1.165, 1.54) is 26.4 Å². The molecule has 0 spiro atoms. The SMILES string of the molecule is CNC(=O)CN(c1ccc(OC)cc1)S(=O)(=O)c1cccc2cnccc12. The van der Waals surface area contributed by atoms with Crippen molar-refractivity contribution in [3.8, 4) is 5.75 Å². The summed E-state index contributed by atoms with van der Waals surface area (Å²) in [7, 11) is -1.01. The first-order chi connectivity index (χ1) is 13.0. The van der Waals surface area contributed by atoms with Crippen LogP contribution in [0.2, 0.25) is 0 Å². The van der Waals surface area contributed by atoms with Crippen LogP contribution < -0.4 is 14.4 Å². The number of methoxy groups -OCH3 is 1. The van der Waals surface area contributed by atoms with Gasteiger partial charge >= 0.3 is 0 Å². The number of likely N-dealkylation sites (N-methyl/N-ethyl adjacent to an activating group) is 1. The Morgan fingerprint density at radius 3 is 2.56 bits per heavy atom. The van der Waals surface area contributed by atoms with Crippen LogP contribution in [-0.2, 0) is 14.8 Å². The molecule has 0 aliphatic rings. The van der Waals surface area contributed by atoms with Gasteiger partial charge in [0.15, 0.2) is 0 Å². The van der Waals surface area contributed by atoms with Gasteiger partial charge in [0.05, 0.1) is 17.7 Å². The van der Waals surface area contributed by atoms with Crippen LogP contribution >= 0.6 is 0 Å². The number of nitrogens with zero attached hydrogens (tertiary/aromatic N) is 2. The lowest BCUT2D eigenvalue weighted by molar-refractivity contribution is -0.119. The maximum Gasteiger partial charge on any atom is 0.265 e. The van der Waals surface area contributed by atoms with Gasteiger partial charge in [-0.1, -0.05) is 12.1 Å². The van der Waals surface area contributed by atoms with Crippen LogP contribution in [0.1, 0.15) is 0 Å². The second kappa shape index (κ2) is 7.63. The summed E-state index contributed by atoms with van der Waals surface area (Å²) in [6.45, 7) is -0.341. The largest absolute Gasteiger partial charge is 0.497 e. The summed E-state index contributed by atoms with van der Waals surface area (Å²) in [6.07, 6.45) is 3.14. The van der Waals surface area contributed by atoms with Crippen LogP contribution in [0.4, 0.5) is 5.69 Å². The molecule has 1 amide bonds. The van der Waals surface area contributed by atoms with Gasteiger partial charge < -0.3 is 10.1 Å². The number of carbonyl (C=O) groups excluding carboxylic acids is 1. The monoisotopic (exact) mass is 385 g/mol. The summed E-state index contributed by atoms with van der Waals surface area (Å²) in [5, 5.41) is 3.72. The zero-order valence-corrected chi connectivity index (χ0v) is 15.7. The molecular weight excluding hydrogens is 366 g/mol. The van der Waals surface area contributed by atoms with Crippen molar-refractivity contribution in [2.45, 2.75) is 4.90 Å². The van der Waals surface area contributed by atoms with Gasteiger partial charge in [0.25, 0.3) is 10.0 Å². The quantitative estimate of drug-likeness (QED) is 0.703. The van der Waals surface area contributed by atoms with Crippen LogP contribution in [0.5, 0.6) is 5.75 Å². The molecule has 1 heterocycles. The fourth-order valence-corrected chi connectivity index (χ4v) is 4.35. The van der Waals surface area contributed by atoms with E-state index in [0.29, 0.717) is 22.2 Å². The van der Waals surface area contributed by atoms with E-state index in [1.807, 2.05) is 0 Å². The third-order valence-corrected chi connectivity index (χ3v) is 5.97. The molecule has 0 unspecified atom stereocenters. The Kier molecular flexibility index (Phi) is 5.27. The van der Waals surface area contributed by atoms with Gasteiger partial charge in [-0.15, -0.1) is 0 Å². The first-order valence-electron chi connectivity index (χ1n) is 8.17. The van der Waals surface area contributed by atoms with E-state index >= 15 is 0 Å².